The molecular formula is C26H35NO3. The standard InChI is InChI=1S/C26H35NO3/c1-18(2)16-21-12-14-23(15-13-21)19(3)26(30)24(27-4)17-22-10-8-20(9-11-22)6-5-7-25(28)29/h8-15,18-19,24,27H,5-7,16-17H2,1-4H3,(H,28,29). The monoisotopic (exact) mass is 409 g/mol. The molecule has 30 heavy (non-hydrogen) atoms. The van der Waals surface area contributed by atoms with Gasteiger partial charge in [-0.3, -0.25) is 9.59 Å². The number of aliphatic carboxylic acids is 1. The summed E-state index contributed by atoms with van der Waals surface area (Å²) >= 11 is 0. The van der Waals surface area contributed by atoms with Crippen molar-refractivity contribution in [3.63, 3.8) is 0 Å². The average Bonchev–Trinajstić information content (AvgIpc) is 2.72. The summed E-state index contributed by atoms with van der Waals surface area (Å²) in [5.74, 6) is -0.108. The van der Waals surface area contributed by atoms with Gasteiger partial charge in [0.15, 0.2) is 5.78 Å². The predicted molar refractivity (Wildman–Crippen MR) is 122 cm³/mol. The zero-order chi connectivity index (χ0) is 22.1. The Kier molecular flexibility index (Phi) is 9.25. The van der Waals surface area contributed by atoms with Gasteiger partial charge in [-0.15, -0.1) is 0 Å². The second-order valence-electron chi connectivity index (χ2n) is 8.57. The van der Waals surface area contributed by atoms with Gasteiger partial charge >= 0.3 is 5.97 Å². The van der Waals surface area contributed by atoms with Crippen LogP contribution in [0, 0.1) is 5.92 Å². The van der Waals surface area contributed by atoms with E-state index in [1.165, 1.54) is 5.56 Å². The zero-order valence-electron chi connectivity index (χ0n) is 18.7. The van der Waals surface area contributed by atoms with Crippen molar-refractivity contribution in [2.24, 2.45) is 5.92 Å². The summed E-state index contributed by atoms with van der Waals surface area (Å²) in [5, 5.41) is 11.9. The number of carbonyl (C=O) groups excluding carboxylic acids is 1. The van der Waals surface area contributed by atoms with E-state index in [4.69, 9.17) is 5.11 Å². The largest absolute Gasteiger partial charge is 0.481 e. The van der Waals surface area contributed by atoms with Gasteiger partial charge in [0.05, 0.1) is 6.04 Å². The van der Waals surface area contributed by atoms with Crippen LogP contribution >= 0.6 is 0 Å². The molecule has 4 heteroatoms. The number of carboxylic acids is 1. The number of aryl methyl sites for hydroxylation is 1. The van der Waals surface area contributed by atoms with E-state index >= 15 is 0 Å². The molecule has 0 aromatic heterocycles. The summed E-state index contributed by atoms with van der Waals surface area (Å²) in [6.07, 6.45) is 3.27. The zero-order valence-corrected chi connectivity index (χ0v) is 18.7. The molecule has 0 fully saturated rings. The van der Waals surface area contributed by atoms with E-state index in [-0.39, 0.29) is 24.2 Å². The molecule has 2 unspecified atom stereocenters. The lowest BCUT2D eigenvalue weighted by Gasteiger charge is -2.20. The second-order valence-corrected chi connectivity index (χ2v) is 8.57. The van der Waals surface area contributed by atoms with Gasteiger partial charge < -0.3 is 10.4 Å². The number of benzene rings is 2. The number of hydrogen-bond donors (Lipinski definition) is 2. The molecule has 0 bridgehead atoms. The lowest BCUT2D eigenvalue weighted by atomic mass is 9.88. The van der Waals surface area contributed by atoms with Crippen molar-refractivity contribution in [2.75, 3.05) is 7.05 Å². The molecule has 0 heterocycles. The fraction of sp³-hybridized carbons (Fsp3) is 0.462. The minimum atomic E-state index is -0.759. The molecule has 2 rings (SSSR count). The molecule has 0 radical (unpaired) electrons. The van der Waals surface area contributed by atoms with Gasteiger partial charge in [-0.2, -0.15) is 0 Å². The maximum Gasteiger partial charge on any atom is 0.303 e. The van der Waals surface area contributed by atoms with E-state index in [1.807, 2.05) is 38.2 Å². The van der Waals surface area contributed by atoms with Crippen molar-refractivity contribution in [1.29, 1.82) is 0 Å². The Labute approximate surface area is 180 Å². The van der Waals surface area contributed by atoms with E-state index < -0.39 is 5.97 Å². The Balaban J connectivity index is 1.97. The number of nitrogens with one attached hydrogen (secondary N) is 1. The van der Waals surface area contributed by atoms with Gasteiger partial charge in [0, 0.05) is 12.3 Å². The number of Topliss-reactive ketones (excluding diaryl/α,β-unsaturated/α-hetero) is 1. The van der Waals surface area contributed by atoms with Crippen LogP contribution in [-0.4, -0.2) is 29.9 Å². The maximum absolute atomic E-state index is 13.1. The van der Waals surface area contributed by atoms with Gasteiger partial charge in [0.1, 0.15) is 0 Å². The van der Waals surface area contributed by atoms with Crippen LogP contribution in [0.25, 0.3) is 0 Å². The summed E-state index contributed by atoms with van der Waals surface area (Å²) < 4.78 is 0. The van der Waals surface area contributed by atoms with E-state index in [0.29, 0.717) is 18.8 Å². The summed E-state index contributed by atoms with van der Waals surface area (Å²) in [4.78, 5) is 23.7. The molecule has 0 amide bonds. The van der Waals surface area contributed by atoms with Crippen LogP contribution in [0.2, 0.25) is 0 Å². The fourth-order valence-corrected chi connectivity index (χ4v) is 3.75. The fourth-order valence-electron chi connectivity index (χ4n) is 3.75. The molecule has 2 atom stereocenters. The number of ketones is 1. The summed E-state index contributed by atoms with van der Waals surface area (Å²) in [5.41, 5.74) is 4.59. The molecule has 2 aromatic carbocycles. The van der Waals surface area contributed by atoms with Crippen molar-refractivity contribution in [1.82, 2.24) is 5.32 Å². The van der Waals surface area contributed by atoms with Gasteiger partial charge in [0.2, 0.25) is 0 Å². The normalized spacial score (nSPS) is 13.2. The Bertz CT molecular complexity index is 809. The average molecular weight is 410 g/mol. The topological polar surface area (TPSA) is 66.4 Å². The van der Waals surface area contributed by atoms with E-state index in [0.717, 1.165) is 29.5 Å². The molecule has 4 nitrogen and oxygen atoms in total. The molecule has 2 N–H and O–H groups in total. The Morgan fingerprint density at radius 2 is 1.40 bits per heavy atom. The third-order valence-corrected chi connectivity index (χ3v) is 5.56. The molecule has 0 aliphatic carbocycles. The van der Waals surface area contributed by atoms with Crippen LogP contribution in [0.4, 0.5) is 0 Å². The molecule has 0 aliphatic heterocycles. The Morgan fingerprint density at radius 1 is 0.867 bits per heavy atom. The van der Waals surface area contributed by atoms with E-state index in [2.05, 4.69) is 43.4 Å². The van der Waals surface area contributed by atoms with Crippen molar-refractivity contribution >= 4 is 11.8 Å². The first-order chi connectivity index (χ1) is 14.3. The SMILES string of the molecule is CNC(Cc1ccc(CCCC(=O)O)cc1)C(=O)C(C)c1ccc(CC(C)C)cc1. The molecule has 0 saturated heterocycles. The number of rotatable bonds is 12. The Hall–Kier alpha value is -2.46. The van der Waals surface area contributed by atoms with Gasteiger partial charge in [-0.05, 0) is 60.9 Å². The Morgan fingerprint density at radius 3 is 1.93 bits per heavy atom. The molecule has 0 spiro atoms. The highest BCUT2D eigenvalue weighted by Crippen LogP contribution is 2.21. The van der Waals surface area contributed by atoms with Crippen LogP contribution in [0.3, 0.4) is 0 Å². The maximum atomic E-state index is 13.1. The molecule has 0 saturated carbocycles. The lowest BCUT2D eigenvalue weighted by molar-refractivity contribution is -0.137. The summed E-state index contributed by atoms with van der Waals surface area (Å²) in [6, 6.07) is 16.3. The first-order valence-corrected chi connectivity index (χ1v) is 10.9. The van der Waals surface area contributed by atoms with E-state index in [9.17, 15) is 9.59 Å². The minimum absolute atomic E-state index is 0.161. The van der Waals surface area contributed by atoms with Crippen LogP contribution in [-0.2, 0) is 28.9 Å². The lowest BCUT2D eigenvalue weighted by Crippen LogP contribution is -2.38. The van der Waals surface area contributed by atoms with Crippen molar-refractivity contribution in [3.05, 3.63) is 70.8 Å². The predicted octanol–water partition coefficient (Wildman–Crippen LogP) is 4.80. The molecule has 162 valence electrons. The third-order valence-electron chi connectivity index (χ3n) is 5.56. The first-order valence-electron chi connectivity index (χ1n) is 10.9. The highest BCUT2D eigenvalue weighted by Gasteiger charge is 2.24. The van der Waals surface area contributed by atoms with Gasteiger partial charge in [-0.25, -0.2) is 0 Å². The number of likely N-dealkylation sites (N-methyl/N-ethyl adjacent to an activating group) is 1. The first kappa shape index (κ1) is 23.8. The van der Waals surface area contributed by atoms with Crippen LogP contribution < -0.4 is 5.32 Å². The van der Waals surface area contributed by atoms with Crippen LogP contribution in [0.15, 0.2) is 48.5 Å². The van der Waals surface area contributed by atoms with Crippen LogP contribution in [0.1, 0.15) is 61.8 Å². The van der Waals surface area contributed by atoms with Crippen molar-refractivity contribution in [2.45, 2.75) is 64.8 Å². The number of carbonyl (C=O) groups is 2. The molecule has 0 aliphatic rings. The van der Waals surface area contributed by atoms with Gasteiger partial charge in [0.25, 0.3) is 0 Å². The molecule has 2 aromatic rings. The number of carboxylic acid groups (broad SMARTS) is 1. The van der Waals surface area contributed by atoms with E-state index in [1.54, 1.807) is 0 Å². The highest BCUT2D eigenvalue weighted by atomic mass is 16.4. The molecular weight excluding hydrogens is 374 g/mol. The van der Waals surface area contributed by atoms with Crippen molar-refractivity contribution < 1.29 is 14.7 Å². The highest BCUT2D eigenvalue weighted by molar-refractivity contribution is 5.90. The number of hydrogen-bond acceptors (Lipinski definition) is 3. The quantitative estimate of drug-likeness (QED) is 0.529. The van der Waals surface area contributed by atoms with Crippen molar-refractivity contribution in [3.8, 4) is 0 Å². The summed E-state index contributed by atoms with van der Waals surface area (Å²) in [7, 11) is 1.83. The smallest absolute Gasteiger partial charge is 0.303 e. The third kappa shape index (κ3) is 7.42. The summed E-state index contributed by atoms with van der Waals surface area (Å²) in [6.45, 7) is 6.40. The minimum Gasteiger partial charge on any atom is -0.481 e. The van der Waals surface area contributed by atoms with Gasteiger partial charge in [-0.1, -0.05) is 69.3 Å². The van der Waals surface area contributed by atoms with Crippen LogP contribution in [0.5, 0.6) is 0 Å². The second kappa shape index (κ2) is 11.7.